The van der Waals surface area contributed by atoms with E-state index in [1.807, 2.05) is 30.3 Å². The van der Waals surface area contributed by atoms with Gasteiger partial charge in [-0.2, -0.15) is 0 Å². The highest BCUT2D eigenvalue weighted by Gasteiger charge is 2.49. The summed E-state index contributed by atoms with van der Waals surface area (Å²) in [5.41, 5.74) is -0.0569. The molecule has 2 amide bonds. The van der Waals surface area contributed by atoms with Crippen molar-refractivity contribution < 1.29 is 23.9 Å². The van der Waals surface area contributed by atoms with Gasteiger partial charge in [-0.1, -0.05) is 30.3 Å². The third-order valence-electron chi connectivity index (χ3n) is 3.76. The van der Waals surface area contributed by atoms with Gasteiger partial charge in [-0.25, -0.2) is 9.86 Å². The van der Waals surface area contributed by atoms with Crippen molar-refractivity contribution in [2.75, 3.05) is 20.8 Å². The minimum atomic E-state index is -0.928. The topological polar surface area (TPSA) is 68.3 Å². The SMILES string of the molecule is CON(C)C(=O)[C@@H]1COC(C)(C)N1C(=O)OCc1ccccc1. The predicted octanol–water partition coefficient (Wildman–Crippen LogP) is 1.78. The van der Waals surface area contributed by atoms with Gasteiger partial charge in [0.2, 0.25) is 0 Å². The molecule has 1 aromatic carbocycles. The molecule has 0 aliphatic carbocycles. The first-order valence-corrected chi connectivity index (χ1v) is 7.32. The first kappa shape index (κ1) is 17.2. The third kappa shape index (κ3) is 3.80. The Labute approximate surface area is 135 Å². The Kier molecular flexibility index (Phi) is 5.23. The lowest BCUT2D eigenvalue weighted by Gasteiger charge is -2.32. The van der Waals surface area contributed by atoms with E-state index in [1.54, 1.807) is 13.8 Å². The summed E-state index contributed by atoms with van der Waals surface area (Å²) in [5, 5.41) is 1.08. The number of likely N-dealkylation sites (N-methyl/N-ethyl adjacent to an activating group) is 1. The summed E-state index contributed by atoms with van der Waals surface area (Å²) in [6, 6.07) is 8.56. The van der Waals surface area contributed by atoms with Crippen molar-refractivity contribution in [2.24, 2.45) is 0 Å². The average molecular weight is 322 g/mol. The Bertz CT molecular complexity index is 561. The van der Waals surface area contributed by atoms with Gasteiger partial charge in [-0.05, 0) is 19.4 Å². The molecule has 1 heterocycles. The average Bonchev–Trinajstić information content (AvgIpc) is 2.87. The van der Waals surface area contributed by atoms with Crippen LogP contribution in [0.1, 0.15) is 19.4 Å². The molecule has 2 rings (SSSR count). The molecule has 7 heteroatoms. The van der Waals surface area contributed by atoms with Crippen LogP contribution in [0.25, 0.3) is 0 Å². The van der Waals surface area contributed by atoms with Crippen molar-refractivity contribution in [3.63, 3.8) is 0 Å². The van der Waals surface area contributed by atoms with Gasteiger partial charge in [-0.15, -0.1) is 0 Å². The summed E-state index contributed by atoms with van der Waals surface area (Å²) in [4.78, 5) is 31.0. The van der Waals surface area contributed by atoms with Crippen molar-refractivity contribution in [3.05, 3.63) is 35.9 Å². The van der Waals surface area contributed by atoms with Gasteiger partial charge in [0.05, 0.1) is 13.7 Å². The molecular weight excluding hydrogens is 300 g/mol. The Morgan fingerprint density at radius 1 is 1.35 bits per heavy atom. The van der Waals surface area contributed by atoms with Crippen LogP contribution in [-0.2, 0) is 25.7 Å². The smallest absolute Gasteiger partial charge is 0.413 e. The monoisotopic (exact) mass is 322 g/mol. The van der Waals surface area contributed by atoms with Crippen LogP contribution in [0.15, 0.2) is 30.3 Å². The number of carbonyl (C=O) groups excluding carboxylic acids is 2. The van der Waals surface area contributed by atoms with Crippen molar-refractivity contribution in [3.8, 4) is 0 Å². The molecule has 0 saturated carbocycles. The zero-order valence-corrected chi connectivity index (χ0v) is 13.8. The van der Waals surface area contributed by atoms with Gasteiger partial charge in [0.1, 0.15) is 18.4 Å². The lowest BCUT2D eigenvalue weighted by Crippen LogP contribution is -2.53. The molecule has 1 aliphatic rings. The third-order valence-corrected chi connectivity index (χ3v) is 3.76. The fourth-order valence-electron chi connectivity index (χ4n) is 2.42. The molecule has 126 valence electrons. The normalized spacial score (nSPS) is 19.5. The summed E-state index contributed by atoms with van der Waals surface area (Å²) in [5.74, 6) is -0.366. The lowest BCUT2D eigenvalue weighted by atomic mass is 10.2. The summed E-state index contributed by atoms with van der Waals surface area (Å²) < 4.78 is 10.9. The number of carbonyl (C=O) groups is 2. The van der Waals surface area contributed by atoms with Crippen LogP contribution in [0.4, 0.5) is 4.79 Å². The van der Waals surface area contributed by atoms with Gasteiger partial charge < -0.3 is 9.47 Å². The quantitative estimate of drug-likeness (QED) is 0.791. The maximum atomic E-state index is 12.5. The van der Waals surface area contributed by atoms with E-state index in [0.717, 1.165) is 10.6 Å². The molecular formula is C16H22N2O5. The molecule has 23 heavy (non-hydrogen) atoms. The summed E-state index contributed by atoms with van der Waals surface area (Å²) in [7, 11) is 2.87. The van der Waals surface area contributed by atoms with Crippen LogP contribution in [0, 0.1) is 0 Å². The number of benzene rings is 1. The van der Waals surface area contributed by atoms with E-state index in [2.05, 4.69) is 0 Å². The summed E-state index contributed by atoms with van der Waals surface area (Å²) >= 11 is 0. The molecule has 0 spiro atoms. The standard InChI is InChI=1S/C16H22N2O5/c1-16(2)18(13(11-23-16)14(19)17(3)21-4)15(20)22-10-12-8-6-5-7-9-12/h5-9,13H,10-11H2,1-4H3/t13-/m0/s1. The molecule has 0 bridgehead atoms. The van der Waals surface area contributed by atoms with Gasteiger partial charge in [-0.3, -0.25) is 14.5 Å². The van der Waals surface area contributed by atoms with Gasteiger partial charge in [0.15, 0.2) is 0 Å². The molecule has 0 unspecified atom stereocenters. The minimum Gasteiger partial charge on any atom is -0.444 e. The van der Waals surface area contributed by atoms with Crippen LogP contribution in [0.5, 0.6) is 0 Å². The summed E-state index contributed by atoms with van der Waals surface area (Å²) in [6.07, 6.45) is -0.598. The number of hydrogen-bond donors (Lipinski definition) is 0. The Hall–Kier alpha value is -2.12. The second-order valence-electron chi connectivity index (χ2n) is 5.70. The fourth-order valence-corrected chi connectivity index (χ4v) is 2.42. The first-order valence-electron chi connectivity index (χ1n) is 7.32. The Morgan fingerprint density at radius 3 is 2.61 bits per heavy atom. The largest absolute Gasteiger partial charge is 0.444 e. The predicted molar refractivity (Wildman–Crippen MR) is 82.1 cm³/mol. The van der Waals surface area contributed by atoms with Crippen molar-refractivity contribution in [2.45, 2.75) is 32.2 Å². The number of hydroxylamine groups is 2. The van der Waals surface area contributed by atoms with Crippen LogP contribution in [0.3, 0.4) is 0 Å². The highest BCUT2D eigenvalue weighted by Crippen LogP contribution is 2.29. The highest BCUT2D eigenvalue weighted by molar-refractivity contribution is 5.85. The van der Waals surface area contributed by atoms with E-state index in [4.69, 9.17) is 14.3 Å². The second kappa shape index (κ2) is 6.97. The number of ether oxygens (including phenoxy) is 2. The van der Waals surface area contributed by atoms with E-state index in [-0.39, 0.29) is 19.1 Å². The van der Waals surface area contributed by atoms with Crippen LogP contribution in [-0.4, -0.2) is 54.5 Å². The first-order chi connectivity index (χ1) is 10.9. The minimum absolute atomic E-state index is 0.0972. The lowest BCUT2D eigenvalue weighted by molar-refractivity contribution is -0.173. The Morgan fingerprint density at radius 2 is 2.00 bits per heavy atom. The molecule has 1 aromatic rings. The molecule has 7 nitrogen and oxygen atoms in total. The van der Waals surface area contributed by atoms with E-state index in [0.29, 0.717) is 0 Å². The van der Waals surface area contributed by atoms with Crippen molar-refractivity contribution >= 4 is 12.0 Å². The molecule has 0 aromatic heterocycles. The maximum Gasteiger partial charge on any atom is 0.413 e. The molecule has 0 N–H and O–H groups in total. The molecule has 1 saturated heterocycles. The van der Waals surface area contributed by atoms with Gasteiger partial charge >= 0.3 is 6.09 Å². The number of rotatable bonds is 4. The molecule has 1 aliphatic heterocycles. The fraction of sp³-hybridized carbons (Fsp3) is 0.500. The van der Waals surface area contributed by atoms with E-state index in [1.165, 1.54) is 19.1 Å². The Balaban J connectivity index is 2.09. The second-order valence-corrected chi connectivity index (χ2v) is 5.70. The van der Waals surface area contributed by atoms with Gasteiger partial charge in [0, 0.05) is 7.05 Å². The number of amides is 2. The number of nitrogens with zero attached hydrogens (tertiary/aromatic N) is 2. The number of hydrogen-bond acceptors (Lipinski definition) is 5. The zero-order chi connectivity index (χ0) is 17.0. The highest BCUT2D eigenvalue weighted by atomic mass is 16.7. The van der Waals surface area contributed by atoms with E-state index >= 15 is 0 Å². The van der Waals surface area contributed by atoms with Crippen LogP contribution < -0.4 is 0 Å². The van der Waals surface area contributed by atoms with E-state index < -0.39 is 17.9 Å². The van der Waals surface area contributed by atoms with Gasteiger partial charge in [0.25, 0.3) is 5.91 Å². The zero-order valence-electron chi connectivity index (χ0n) is 13.8. The molecule has 1 fully saturated rings. The van der Waals surface area contributed by atoms with E-state index in [9.17, 15) is 9.59 Å². The van der Waals surface area contributed by atoms with Crippen molar-refractivity contribution in [1.82, 2.24) is 9.96 Å². The van der Waals surface area contributed by atoms with Crippen LogP contribution >= 0.6 is 0 Å². The summed E-state index contributed by atoms with van der Waals surface area (Å²) in [6.45, 7) is 3.67. The maximum absolute atomic E-state index is 12.5. The van der Waals surface area contributed by atoms with Crippen molar-refractivity contribution in [1.29, 1.82) is 0 Å². The molecule has 0 radical (unpaired) electrons. The molecule has 1 atom stereocenters. The van der Waals surface area contributed by atoms with Crippen LogP contribution in [0.2, 0.25) is 0 Å².